The Balaban J connectivity index is 4.87. The van der Waals surface area contributed by atoms with E-state index in [1.165, 1.54) is 13.8 Å². The summed E-state index contributed by atoms with van der Waals surface area (Å²) in [5.41, 5.74) is 0.440. The second-order valence-corrected chi connectivity index (χ2v) is 4.85. The van der Waals surface area contributed by atoms with E-state index in [0.29, 0.717) is 0 Å². The van der Waals surface area contributed by atoms with Gasteiger partial charge in [0.25, 0.3) is 0 Å². The highest BCUT2D eigenvalue weighted by Gasteiger charge is 2.27. The molecule has 0 aromatic heterocycles. The fourth-order valence-electron chi connectivity index (χ4n) is 1.22. The van der Waals surface area contributed by atoms with Crippen LogP contribution in [0.15, 0.2) is 24.3 Å². The molecule has 4 nitrogen and oxygen atoms in total. The van der Waals surface area contributed by atoms with Gasteiger partial charge in [0.2, 0.25) is 0 Å². The van der Waals surface area contributed by atoms with Gasteiger partial charge in [0.05, 0.1) is 0 Å². The zero-order valence-electron chi connectivity index (χ0n) is 11.8. The number of rotatable bonds is 6. The van der Waals surface area contributed by atoms with Crippen molar-refractivity contribution < 1.29 is 19.1 Å². The molecular formula is C14H22O4. The third kappa shape index (κ3) is 6.23. The summed E-state index contributed by atoms with van der Waals surface area (Å²) in [4.78, 5) is 21.8. The molecule has 0 bridgehead atoms. The quantitative estimate of drug-likeness (QED) is 0.540. The third-order valence-electron chi connectivity index (χ3n) is 2.49. The van der Waals surface area contributed by atoms with Crippen molar-refractivity contribution in [3.8, 4) is 0 Å². The second kappa shape index (κ2) is 6.99. The molecule has 0 aliphatic carbocycles. The van der Waals surface area contributed by atoms with Crippen molar-refractivity contribution in [2.24, 2.45) is 5.41 Å². The predicted molar refractivity (Wildman–Crippen MR) is 69.9 cm³/mol. The van der Waals surface area contributed by atoms with E-state index < -0.39 is 6.10 Å². The molecule has 102 valence electrons. The average Bonchev–Trinajstić information content (AvgIpc) is 2.24. The van der Waals surface area contributed by atoms with Gasteiger partial charge in [-0.15, -0.1) is 6.58 Å². The molecule has 0 saturated heterocycles. The zero-order valence-corrected chi connectivity index (χ0v) is 11.8. The Morgan fingerprint density at radius 1 is 1.22 bits per heavy atom. The number of carbonyl (C=O) groups is 2. The normalized spacial score (nSPS) is 13.7. The van der Waals surface area contributed by atoms with E-state index in [1.807, 2.05) is 20.8 Å². The predicted octanol–water partition coefficient (Wildman–Crippen LogP) is 2.64. The van der Waals surface area contributed by atoms with Crippen LogP contribution >= 0.6 is 0 Å². The maximum absolute atomic E-state index is 11.1. The van der Waals surface area contributed by atoms with Gasteiger partial charge in [-0.3, -0.25) is 9.59 Å². The van der Waals surface area contributed by atoms with Crippen molar-refractivity contribution in [2.45, 2.75) is 40.7 Å². The second-order valence-electron chi connectivity index (χ2n) is 4.85. The molecule has 0 rings (SSSR count). The van der Waals surface area contributed by atoms with Crippen molar-refractivity contribution >= 4 is 11.9 Å². The van der Waals surface area contributed by atoms with Crippen LogP contribution in [-0.2, 0) is 19.1 Å². The van der Waals surface area contributed by atoms with Crippen LogP contribution in [-0.4, -0.2) is 24.6 Å². The summed E-state index contributed by atoms with van der Waals surface area (Å²) < 4.78 is 10.1. The largest absolute Gasteiger partial charge is 0.461 e. The van der Waals surface area contributed by atoms with Gasteiger partial charge >= 0.3 is 11.9 Å². The summed E-state index contributed by atoms with van der Waals surface area (Å²) in [5, 5.41) is 0. The van der Waals surface area contributed by atoms with Gasteiger partial charge in [-0.2, -0.15) is 0 Å². The summed E-state index contributed by atoms with van der Waals surface area (Å²) in [6.07, 6.45) is 3.09. The fourth-order valence-corrected chi connectivity index (χ4v) is 1.22. The first-order valence-corrected chi connectivity index (χ1v) is 5.80. The Labute approximate surface area is 109 Å². The lowest BCUT2D eigenvalue weighted by Crippen LogP contribution is -2.30. The molecule has 0 aliphatic heterocycles. The van der Waals surface area contributed by atoms with Crippen molar-refractivity contribution in [1.29, 1.82) is 0 Å². The summed E-state index contributed by atoms with van der Waals surface area (Å²) in [6, 6.07) is 0. The van der Waals surface area contributed by atoms with Crippen molar-refractivity contribution in [1.82, 2.24) is 0 Å². The van der Waals surface area contributed by atoms with Crippen LogP contribution in [0.2, 0.25) is 0 Å². The van der Waals surface area contributed by atoms with E-state index >= 15 is 0 Å². The Bertz CT molecular complexity index is 353. The first-order valence-electron chi connectivity index (χ1n) is 5.80. The zero-order chi connectivity index (χ0) is 14.3. The van der Waals surface area contributed by atoms with Crippen molar-refractivity contribution in [2.75, 3.05) is 6.61 Å². The van der Waals surface area contributed by atoms with Gasteiger partial charge in [-0.1, -0.05) is 19.9 Å². The van der Waals surface area contributed by atoms with Crippen molar-refractivity contribution in [3.63, 3.8) is 0 Å². The van der Waals surface area contributed by atoms with Crippen molar-refractivity contribution in [3.05, 3.63) is 24.3 Å². The van der Waals surface area contributed by atoms with Crippen LogP contribution in [0.25, 0.3) is 0 Å². The first kappa shape index (κ1) is 16.4. The minimum absolute atomic E-state index is 0.195. The molecule has 0 saturated carbocycles. The topological polar surface area (TPSA) is 52.6 Å². The Morgan fingerprint density at radius 2 is 1.78 bits per heavy atom. The Hall–Kier alpha value is -1.58. The number of hydrogen-bond acceptors (Lipinski definition) is 4. The molecule has 0 aromatic rings. The maximum Gasteiger partial charge on any atom is 0.303 e. The summed E-state index contributed by atoms with van der Waals surface area (Å²) >= 11 is 0. The standard InChI is InChI=1S/C14H22O4/c1-7-14(5,6)13(18-12(4)16)8-10(2)9-17-11(3)15/h7-8,13H,1,9H2,2-6H3/b10-8+. The van der Waals surface area contributed by atoms with Gasteiger partial charge in [0.15, 0.2) is 0 Å². The molecule has 0 radical (unpaired) electrons. The first-order chi connectivity index (χ1) is 8.19. The van der Waals surface area contributed by atoms with E-state index in [0.717, 1.165) is 5.57 Å². The molecule has 0 spiro atoms. The Morgan fingerprint density at radius 3 is 2.17 bits per heavy atom. The average molecular weight is 254 g/mol. The third-order valence-corrected chi connectivity index (χ3v) is 2.49. The summed E-state index contributed by atoms with van der Waals surface area (Å²) in [7, 11) is 0. The summed E-state index contributed by atoms with van der Waals surface area (Å²) in [6.45, 7) is 12.3. The number of ether oxygens (including phenoxy) is 2. The smallest absolute Gasteiger partial charge is 0.303 e. The van der Waals surface area contributed by atoms with Gasteiger partial charge in [0.1, 0.15) is 12.7 Å². The lowest BCUT2D eigenvalue weighted by molar-refractivity contribution is -0.148. The molecular weight excluding hydrogens is 232 g/mol. The maximum atomic E-state index is 11.1. The SMILES string of the molecule is C=CC(C)(C)C(/C=C(\C)COC(C)=O)OC(C)=O. The molecule has 0 aliphatic rings. The highest BCUT2D eigenvalue weighted by molar-refractivity contribution is 5.66. The van der Waals surface area contributed by atoms with E-state index in [-0.39, 0.29) is 24.0 Å². The lowest BCUT2D eigenvalue weighted by atomic mass is 9.85. The molecule has 0 amide bonds. The highest BCUT2D eigenvalue weighted by Crippen LogP contribution is 2.26. The minimum atomic E-state index is -0.428. The lowest BCUT2D eigenvalue weighted by Gasteiger charge is -2.28. The van der Waals surface area contributed by atoms with Gasteiger partial charge in [-0.05, 0) is 18.6 Å². The van der Waals surface area contributed by atoms with E-state index in [9.17, 15) is 9.59 Å². The van der Waals surface area contributed by atoms with Crippen LogP contribution in [0.1, 0.15) is 34.6 Å². The molecule has 0 N–H and O–H groups in total. The van der Waals surface area contributed by atoms with Crippen LogP contribution in [0.5, 0.6) is 0 Å². The fraction of sp³-hybridized carbons (Fsp3) is 0.571. The van der Waals surface area contributed by atoms with E-state index in [4.69, 9.17) is 9.47 Å². The molecule has 4 heteroatoms. The van der Waals surface area contributed by atoms with Gasteiger partial charge in [-0.25, -0.2) is 0 Å². The summed E-state index contributed by atoms with van der Waals surface area (Å²) in [5.74, 6) is -0.693. The number of carbonyl (C=O) groups excluding carboxylic acids is 2. The molecule has 0 fully saturated rings. The monoisotopic (exact) mass is 254 g/mol. The van der Waals surface area contributed by atoms with Crippen LogP contribution in [0.3, 0.4) is 0 Å². The van der Waals surface area contributed by atoms with Crippen LogP contribution in [0.4, 0.5) is 0 Å². The molecule has 1 atom stereocenters. The molecule has 18 heavy (non-hydrogen) atoms. The van der Waals surface area contributed by atoms with E-state index in [2.05, 4.69) is 6.58 Å². The minimum Gasteiger partial charge on any atom is -0.461 e. The van der Waals surface area contributed by atoms with Crippen LogP contribution in [0, 0.1) is 5.41 Å². The van der Waals surface area contributed by atoms with E-state index in [1.54, 1.807) is 12.2 Å². The number of esters is 2. The van der Waals surface area contributed by atoms with Gasteiger partial charge in [0, 0.05) is 19.3 Å². The molecule has 0 heterocycles. The highest BCUT2D eigenvalue weighted by atomic mass is 16.5. The van der Waals surface area contributed by atoms with Crippen LogP contribution < -0.4 is 0 Å². The van der Waals surface area contributed by atoms with Gasteiger partial charge < -0.3 is 9.47 Å². The number of hydrogen-bond donors (Lipinski definition) is 0. The Kier molecular flexibility index (Phi) is 6.37. The molecule has 0 aromatic carbocycles. The molecule has 1 unspecified atom stereocenters.